The number of rotatable bonds is 8. The van der Waals surface area contributed by atoms with E-state index in [1.165, 1.54) is 37.4 Å². The first-order valence-electron chi connectivity index (χ1n) is 13.4. The molecule has 0 bridgehead atoms. The summed E-state index contributed by atoms with van der Waals surface area (Å²) in [6.45, 7) is 5.79. The zero-order valence-corrected chi connectivity index (χ0v) is 24.8. The van der Waals surface area contributed by atoms with Gasteiger partial charge in [0.2, 0.25) is 0 Å². The number of aromatic nitrogens is 3. The third-order valence-corrected chi connectivity index (χ3v) is 8.17. The lowest BCUT2D eigenvalue weighted by Crippen LogP contribution is -2.26. The number of alkyl halides is 3. The fourth-order valence-corrected chi connectivity index (χ4v) is 5.93. The van der Waals surface area contributed by atoms with Gasteiger partial charge >= 0.3 is 6.36 Å². The van der Waals surface area contributed by atoms with Gasteiger partial charge in [-0.25, -0.2) is 4.98 Å². The summed E-state index contributed by atoms with van der Waals surface area (Å²) in [6, 6.07) is 14.2. The smallest absolute Gasteiger partial charge is 0.493 e. The molecule has 2 aromatic heterocycles. The number of benzene rings is 2. The molecule has 2 aromatic carbocycles. The number of fused-ring (bicyclic) bond motifs is 1. The van der Waals surface area contributed by atoms with Crippen LogP contribution in [0.15, 0.2) is 59.5 Å². The van der Waals surface area contributed by atoms with Crippen molar-refractivity contribution in [2.45, 2.75) is 51.1 Å². The molecule has 0 aliphatic carbocycles. The largest absolute Gasteiger partial charge is 0.573 e. The second-order valence-corrected chi connectivity index (χ2v) is 11.8. The standard InChI is InChI=1S/C30H30F3N3O6S/c1-18-5-8-24(9-6-18)43(37,38)41-17-23-16-36-25(11-12-40-23)28(22-13-19(2)34-20(3)14-22)35-29(36)21-7-10-26(27(15-21)39-4)42-30(31,32)33/h5-10,13-15,23H,11-12,16-17H2,1-4H3. The van der Waals surface area contributed by atoms with E-state index in [0.717, 1.165) is 28.2 Å². The molecular formula is C30H30F3N3O6S. The Hall–Kier alpha value is -3.94. The van der Waals surface area contributed by atoms with Gasteiger partial charge in [0.1, 0.15) is 11.9 Å². The highest BCUT2D eigenvalue weighted by atomic mass is 32.2. The quantitative estimate of drug-likeness (QED) is 0.229. The van der Waals surface area contributed by atoms with Crippen LogP contribution in [0.1, 0.15) is 22.6 Å². The molecule has 13 heteroatoms. The second-order valence-electron chi connectivity index (χ2n) is 10.2. The highest BCUT2D eigenvalue weighted by Crippen LogP contribution is 2.38. The maximum atomic E-state index is 13.0. The fraction of sp³-hybridized carbons (Fsp3) is 0.333. The lowest BCUT2D eigenvalue weighted by Gasteiger charge is -2.18. The first-order chi connectivity index (χ1) is 20.3. The number of hydrogen-bond donors (Lipinski definition) is 0. The van der Waals surface area contributed by atoms with Crippen molar-refractivity contribution in [1.29, 1.82) is 0 Å². The van der Waals surface area contributed by atoms with E-state index < -0.39 is 28.3 Å². The van der Waals surface area contributed by atoms with E-state index >= 15 is 0 Å². The van der Waals surface area contributed by atoms with Crippen molar-refractivity contribution in [2.24, 2.45) is 0 Å². The Kier molecular flexibility index (Phi) is 8.50. The molecule has 1 atom stereocenters. The molecule has 9 nitrogen and oxygen atoms in total. The van der Waals surface area contributed by atoms with Crippen molar-refractivity contribution in [3.05, 3.63) is 77.2 Å². The van der Waals surface area contributed by atoms with Gasteiger partial charge in [0, 0.05) is 34.6 Å². The van der Waals surface area contributed by atoms with Crippen molar-refractivity contribution in [2.75, 3.05) is 20.3 Å². The average molecular weight is 618 g/mol. The number of halogens is 3. The minimum atomic E-state index is -4.90. The summed E-state index contributed by atoms with van der Waals surface area (Å²) in [7, 11) is -2.79. The highest BCUT2D eigenvalue weighted by molar-refractivity contribution is 7.86. The van der Waals surface area contributed by atoms with E-state index in [9.17, 15) is 21.6 Å². The van der Waals surface area contributed by atoms with Gasteiger partial charge in [0.25, 0.3) is 10.1 Å². The molecule has 3 heterocycles. The zero-order chi connectivity index (χ0) is 30.9. The SMILES string of the molecule is COc1cc(-c2nc(-c3cc(C)nc(C)c3)c3n2CC(COS(=O)(=O)c2ccc(C)cc2)OCC3)ccc1OC(F)(F)F. The van der Waals surface area contributed by atoms with Gasteiger partial charge < -0.3 is 18.8 Å². The number of methoxy groups -OCH3 is 1. The molecule has 4 aromatic rings. The van der Waals surface area contributed by atoms with Gasteiger partial charge in [0.05, 0.1) is 37.5 Å². The second kappa shape index (κ2) is 12.0. The van der Waals surface area contributed by atoms with Crippen LogP contribution in [0.3, 0.4) is 0 Å². The molecule has 0 saturated carbocycles. The normalized spacial score (nSPS) is 15.6. The molecule has 43 heavy (non-hydrogen) atoms. The zero-order valence-electron chi connectivity index (χ0n) is 23.9. The molecule has 0 saturated heterocycles. The summed E-state index contributed by atoms with van der Waals surface area (Å²) in [5.74, 6) is -0.179. The van der Waals surface area contributed by atoms with Gasteiger partial charge in [-0.15, -0.1) is 13.2 Å². The van der Waals surface area contributed by atoms with E-state index in [4.69, 9.17) is 18.6 Å². The molecule has 1 aliphatic heterocycles. The lowest BCUT2D eigenvalue weighted by atomic mass is 10.1. The minimum Gasteiger partial charge on any atom is -0.493 e. The van der Waals surface area contributed by atoms with Crippen molar-refractivity contribution < 1.29 is 40.0 Å². The average Bonchev–Trinajstić information content (AvgIpc) is 3.15. The Bertz CT molecular complexity index is 1720. The van der Waals surface area contributed by atoms with Crippen LogP contribution >= 0.6 is 0 Å². The molecular weight excluding hydrogens is 587 g/mol. The maximum absolute atomic E-state index is 13.0. The van der Waals surface area contributed by atoms with Crippen LogP contribution in [0.4, 0.5) is 13.2 Å². The number of imidazole rings is 1. The Morgan fingerprint density at radius 3 is 2.30 bits per heavy atom. The topological polar surface area (TPSA) is 102 Å². The molecule has 0 fully saturated rings. The third kappa shape index (κ3) is 7.00. The van der Waals surface area contributed by atoms with Crippen molar-refractivity contribution in [3.8, 4) is 34.1 Å². The fourth-order valence-electron chi connectivity index (χ4n) is 4.99. The molecule has 1 unspecified atom stereocenters. The Morgan fingerprint density at radius 1 is 0.953 bits per heavy atom. The predicted molar refractivity (Wildman–Crippen MR) is 151 cm³/mol. The maximum Gasteiger partial charge on any atom is 0.573 e. The molecule has 0 spiro atoms. The minimum absolute atomic E-state index is 0.0368. The van der Waals surface area contributed by atoms with Gasteiger partial charge in [0.15, 0.2) is 11.5 Å². The van der Waals surface area contributed by atoms with Crippen molar-refractivity contribution in [3.63, 3.8) is 0 Å². The van der Waals surface area contributed by atoms with Crippen LogP contribution in [0.2, 0.25) is 0 Å². The number of aryl methyl sites for hydroxylation is 3. The van der Waals surface area contributed by atoms with E-state index in [1.807, 2.05) is 37.5 Å². The Morgan fingerprint density at radius 2 is 1.65 bits per heavy atom. The molecule has 1 aliphatic rings. The number of nitrogens with zero attached hydrogens (tertiary/aromatic N) is 3. The number of pyridine rings is 1. The van der Waals surface area contributed by atoms with Gasteiger partial charge in [-0.1, -0.05) is 17.7 Å². The van der Waals surface area contributed by atoms with E-state index in [1.54, 1.807) is 12.1 Å². The summed E-state index contributed by atoms with van der Waals surface area (Å²) in [5.41, 5.74) is 5.28. The summed E-state index contributed by atoms with van der Waals surface area (Å²) < 4.78 is 87.2. The summed E-state index contributed by atoms with van der Waals surface area (Å²) in [6.07, 6.45) is -5.12. The van der Waals surface area contributed by atoms with Crippen LogP contribution in [-0.4, -0.2) is 55.7 Å². The van der Waals surface area contributed by atoms with Gasteiger partial charge in [-0.2, -0.15) is 8.42 Å². The summed E-state index contributed by atoms with van der Waals surface area (Å²) >= 11 is 0. The van der Waals surface area contributed by atoms with Gasteiger partial charge in [-0.3, -0.25) is 9.17 Å². The number of hydrogen-bond acceptors (Lipinski definition) is 8. The lowest BCUT2D eigenvalue weighted by molar-refractivity contribution is -0.275. The predicted octanol–water partition coefficient (Wildman–Crippen LogP) is 5.79. The van der Waals surface area contributed by atoms with Crippen LogP contribution in [0, 0.1) is 20.8 Å². The third-order valence-electron chi connectivity index (χ3n) is 6.87. The number of ether oxygens (including phenoxy) is 3. The first kappa shape index (κ1) is 30.5. The molecule has 0 amide bonds. The van der Waals surface area contributed by atoms with Crippen LogP contribution < -0.4 is 9.47 Å². The van der Waals surface area contributed by atoms with E-state index in [2.05, 4.69) is 9.72 Å². The van der Waals surface area contributed by atoms with Crippen LogP contribution in [0.25, 0.3) is 22.6 Å². The van der Waals surface area contributed by atoms with Gasteiger partial charge in [-0.05, 0) is 63.2 Å². The van der Waals surface area contributed by atoms with Crippen molar-refractivity contribution >= 4 is 10.1 Å². The summed E-state index contributed by atoms with van der Waals surface area (Å²) in [4.78, 5) is 9.42. The first-order valence-corrected chi connectivity index (χ1v) is 14.8. The van der Waals surface area contributed by atoms with Crippen LogP contribution in [0.5, 0.6) is 11.5 Å². The molecule has 0 radical (unpaired) electrons. The highest BCUT2D eigenvalue weighted by Gasteiger charge is 2.33. The monoisotopic (exact) mass is 617 g/mol. The van der Waals surface area contributed by atoms with Crippen LogP contribution in [-0.2, 0) is 32.0 Å². The van der Waals surface area contributed by atoms with E-state index in [-0.39, 0.29) is 30.4 Å². The Balaban J connectivity index is 1.53. The Labute approximate surface area is 247 Å². The summed E-state index contributed by atoms with van der Waals surface area (Å²) in [5, 5.41) is 0. The van der Waals surface area contributed by atoms with Crippen molar-refractivity contribution in [1.82, 2.24) is 14.5 Å². The molecule has 0 N–H and O–H groups in total. The molecule has 228 valence electrons. The molecule has 5 rings (SSSR count). The van der Waals surface area contributed by atoms with E-state index in [0.29, 0.717) is 23.5 Å².